The second kappa shape index (κ2) is 6.30. The number of nitro groups is 1. The number of nitrogens with zero attached hydrogens (tertiary/aromatic N) is 2. The molecule has 0 aromatic carbocycles. The van der Waals surface area contributed by atoms with Crippen LogP contribution in [0.15, 0.2) is 12.3 Å². The summed E-state index contributed by atoms with van der Waals surface area (Å²) in [6.07, 6.45) is 3.17. The first-order chi connectivity index (χ1) is 8.10. The molecule has 0 spiro atoms. The van der Waals surface area contributed by atoms with Gasteiger partial charge in [-0.1, -0.05) is 13.8 Å². The van der Waals surface area contributed by atoms with Crippen molar-refractivity contribution in [3.05, 3.63) is 33.6 Å². The van der Waals surface area contributed by atoms with E-state index in [1.54, 1.807) is 19.2 Å². The summed E-state index contributed by atoms with van der Waals surface area (Å²) in [6.45, 7) is 6.70. The van der Waals surface area contributed by atoms with Crippen molar-refractivity contribution >= 4 is 5.69 Å². The molecular weight excluding hydrogens is 218 g/mol. The van der Waals surface area contributed by atoms with Crippen LogP contribution in [0.3, 0.4) is 0 Å². The first-order valence-electron chi connectivity index (χ1n) is 5.92. The lowest BCUT2D eigenvalue weighted by Crippen LogP contribution is -2.30. The lowest BCUT2D eigenvalue weighted by Gasteiger charge is -2.15. The number of hydrogen-bond donors (Lipinski definition) is 1. The zero-order valence-corrected chi connectivity index (χ0v) is 10.6. The van der Waals surface area contributed by atoms with Crippen LogP contribution in [0.1, 0.15) is 31.5 Å². The Bertz CT molecular complexity index is 393. The predicted octanol–water partition coefficient (Wildman–Crippen LogP) is 2.23. The Morgan fingerprint density at radius 1 is 1.53 bits per heavy atom. The maximum atomic E-state index is 11.0. The smallest absolute Gasteiger partial charge is 0.293 e. The highest BCUT2D eigenvalue weighted by atomic mass is 16.6. The van der Waals surface area contributed by atoms with E-state index < -0.39 is 0 Å². The second-order valence-corrected chi connectivity index (χ2v) is 4.05. The fourth-order valence-electron chi connectivity index (χ4n) is 1.89. The van der Waals surface area contributed by atoms with Crippen molar-refractivity contribution in [2.45, 2.75) is 39.7 Å². The first-order valence-corrected chi connectivity index (χ1v) is 5.92. The van der Waals surface area contributed by atoms with E-state index in [0.29, 0.717) is 17.7 Å². The molecule has 1 atom stereocenters. The minimum absolute atomic E-state index is 0.156. The number of hydrogen-bond acceptors (Lipinski definition) is 4. The monoisotopic (exact) mass is 237 g/mol. The van der Waals surface area contributed by atoms with Crippen LogP contribution in [0.25, 0.3) is 0 Å². The lowest BCUT2D eigenvalue weighted by atomic mass is 10.1. The molecule has 0 saturated carbocycles. The van der Waals surface area contributed by atoms with Gasteiger partial charge in [-0.25, -0.2) is 0 Å². The first kappa shape index (κ1) is 13.6. The summed E-state index contributed by atoms with van der Waals surface area (Å²) in [6, 6.07) is 1.92. The van der Waals surface area contributed by atoms with Gasteiger partial charge in [-0.3, -0.25) is 15.1 Å². The molecule has 17 heavy (non-hydrogen) atoms. The topological polar surface area (TPSA) is 68.1 Å². The SMILES string of the molecule is CCNC(CC)Cc1nccc(C)c1[N+](=O)[O-]. The summed E-state index contributed by atoms with van der Waals surface area (Å²) in [7, 11) is 0. The summed E-state index contributed by atoms with van der Waals surface area (Å²) < 4.78 is 0. The number of rotatable bonds is 6. The van der Waals surface area contributed by atoms with Gasteiger partial charge in [-0.15, -0.1) is 0 Å². The van der Waals surface area contributed by atoms with Crippen LogP contribution in [0.4, 0.5) is 5.69 Å². The highest BCUT2D eigenvalue weighted by Crippen LogP contribution is 2.22. The molecule has 0 aliphatic rings. The van der Waals surface area contributed by atoms with E-state index in [-0.39, 0.29) is 16.7 Å². The molecule has 94 valence electrons. The van der Waals surface area contributed by atoms with Gasteiger partial charge in [0, 0.05) is 24.2 Å². The van der Waals surface area contributed by atoms with Crippen LogP contribution in [-0.4, -0.2) is 22.5 Å². The fourth-order valence-corrected chi connectivity index (χ4v) is 1.89. The van der Waals surface area contributed by atoms with Crippen molar-refractivity contribution in [2.24, 2.45) is 0 Å². The Balaban J connectivity index is 2.97. The molecule has 0 aliphatic heterocycles. The third-order valence-corrected chi connectivity index (χ3v) is 2.81. The van der Waals surface area contributed by atoms with Gasteiger partial charge in [0.25, 0.3) is 5.69 Å². The van der Waals surface area contributed by atoms with E-state index in [0.717, 1.165) is 13.0 Å². The molecular formula is C12H19N3O2. The number of aromatic nitrogens is 1. The minimum atomic E-state index is -0.337. The molecule has 1 unspecified atom stereocenters. The van der Waals surface area contributed by atoms with E-state index >= 15 is 0 Å². The molecule has 0 saturated heterocycles. The van der Waals surface area contributed by atoms with Crippen molar-refractivity contribution in [2.75, 3.05) is 6.54 Å². The predicted molar refractivity (Wildman–Crippen MR) is 67.1 cm³/mol. The minimum Gasteiger partial charge on any atom is -0.314 e. The highest BCUT2D eigenvalue weighted by molar-refractivity contribution is 5.43. The summed E-state index contributed by atoms with van der Waals surface area (Å²) in [5.74, 6) is 0. The Morgan fingerprint density at radius 2 is 2.24 bits per heavy atom. The summed E-state index contributed by atoms with van der Waals surface area (Å²) in [5, 5.41) is 14.3. The van der Waals surface area contributed by atoms with Gasteiger partial charge in [0.1, 0.15) is 5.69 Å². The van der Waals surface area contributed by atoms with Crippen LogP contribution in [0.5, 0.6) is 0 Å². The molecule has 5 nitrogen and oxygen atoms in total. The molecule has 0 radical (unpaired) electrons. The summed E-state index contributed by atoms with van der Waals surface area (Å²) in [4.78, 5) is 14.8. The molecule has 5 heteroatoms. The molecule has 0 amide bonds. The van der Waals surface area contributed by atoms with Crippen molar-refractivity contribution in [1.82, 2.24) is 10.3 Å². The number of nitrogens with one attached hydrogen (secondary N) is 1. The van der Waals surface area contributed by atoms with Crippen molar-refractivity contribution < 1.29 is 4.92 Å². The Hall–Kier alpha value is -1.49. The van der Waals surface area contributed by atoms with Crippen molar-refractivity contribution in [3.63, 3.8) is 0 Å². The number of pyridine rings is 1. The third kappa shape index (κ3) is 3.49. The lowest BCUT2D eigenvalue weighted by molar-refractivity contribution is -0.386. The van der Waals surface area contributed by atoms with Crippen LogP contribution < -0.4 is 5.32 Å². The Labute approximate surface area is 101 Å². The molecule has 0 bridgehead atoms. The van der Waals surface area contributed by atoms with Crippen molar-refractivity contribution in [3.8, 4) is 0 Å². The molecule has 1 rings (SSSR count). The molecule has 0 aliphatic carbocycles. The Kier molecular flexibility index (Phi) is 5.03. The summed E-state index contributed by atoms with van der Waals surface area (Å²) in [5.41, 5.74) is 1.40. The van der Waals surface area contributed by atoms with Crippen LogP contribution in [0, 0.1) is 17.0 Å². The summed E-state index contributed by atoms with van der Waals surface area (Å²) >= 11 is 0. The quantitative estimate of drug-likeness (QED) is 0.608. The molecule has 1 heterocycles. The molecule has 1 aromatic rings. The average Bonchev–Trinajstić information content (AvgIpc) is 2.28. The maximum Gasteiger partial charge on any atom is 0.293 e. The van der Waals surface area contributed by atoms with Gasteiger partial charge in [0.05, 0.1) is 4.92 Å². The standard InChI is InChI=1S/C12H19N3O2/c1-4-10(13-5-2)8-11-12(15(16)17)9(3)6-7-14-11/h6-7,10,13H,4-5,8H2,1-3H3. The van der Waals surface area contributed by atoms with Gasteiger partial charge in [0.2, 0.25) is 0 Å². The van der Waals surface area contributed by atoms with Crippen LogP contribution in [0.2, 0.25) is 0 Å². The van der Waals surface area contributed by atoms with Gasteiger partial charge in [0.15, 0.2) is 0 Å². The zero-order valence-electron chi connectivity index (χ0n) is 10.6. The normalized spacial score (nSPS) is 12.4. The number of likely N-dealkylation sites (N-methyl/N-ethyl adjacent to an activating group) is 1. The van der Waals surface area contributed by atoms with E-state index in [1.807, 2.05) is 6.92 Å². The van der Waals surface area contributed by atoms with Gasteiger partial charge in [-0.05, 0) is 26.0 Å². The highest BCUT2D eigenvalue weighted by Gasteiger charge is 2.20. The largest absolute Gasteiger partial charge is 0.314 e. The van der Waals surface area contributed by atoms with Crippen LogP contribution in [-0.2, 0) is 6.42 Å². The van der Waals surface area contributed by atoms with Gasteiger partial charge >= 0.3 is 0 Å². The van der Waals surface area contributed by atoms with Gasteiger partial charge < -0.3 is 5.32 Å². The molecule has 0 fully saturated rings. The van der Waals surface area contributed by atoms with E-state index in [1.165, 1.54) is 0 Å². The third-order valence-electron chi connectivity index (χ3n) is 2.81. The van der Waals surface area contributed by atoms with E-state index in [2.05, 4.69) is 17.2 Å². The maximum absolute atomic E-state index is 11.0. The fraction of sp³-hybridized carbons (Fsp3) is 0.583. The molecule has 1 N–H and O–H groups in total. The van der Waals surface area contributed by atoms with Crippen LogP contribution >= 0.6 is 0 Å². The Morgan fingerprint density at radius 3 is 2.76 bits per heavy atom. The van der Waals surface area contributed by atoms with Gasteiger partial charge in [-0.2, -0.15) is 0 Å². The molecule has 1 aromatic heterocycles. The van der Waals surface area contributed by atoms with E-state index in [9.17, 15) is 10.1 Å². The zero-order chi connectivity index (χ0) is 12.8. The van der Waals surface area contributed by atoms with Crippen molar-refractivity contribution in [1.29, 1.82) is 0 Å². The average molecular weight is 237 g/mol. The van der Waals surface area contributed by atoms with E-state index in [4.69, 9.17) is 0 Å². The second-order valence-electron chi connectivity index (χ2n) is 4.05. The number of aryl methyl sites for hydroxylation is 1.